The number of nitrogens with one attached hydrogen (secondary N) is 1. The monoisotopic (exact) mass is 486 g/mol. The molecule has 1 aliphatic rings. The van der Waals surface area contributed by atoms with Crippen LogP contribution in [0.5, 0.6) is 5.75 Å². The SMILES string of the molecule is O=C(Oc1cccc(Cl)c1)c1ccc(NC2=C(Cl)C(=O)N(c3cccc(Cl)c3)C2=O)cc1. The molecule has 2 amide bonds. The van der Waals surface area contributed by atoms with Crippen LogP contribution in [0.1, 0.15) is 10.4 Å². The molecule has 32 heavy (non-hydrogen) atoms. The molecule has 9 heteroatoms. The fourth-order valence-corrected chi connectivity index (χ4v) is 3.57. The maximum absolute atomic E-state index is 12.8. The Kier molecular flexibility index (Phi) is 6.19. The van der Waals surface area contributed by atoms with Crippen LogP contribution in [0.2, 0.25) is 10.0 Å². The molecule has 6 nitrogen and oxygen atoms in total. The lowest BCUT2D eigenvalue weighted by Gasteiger charge is -2.15. The number of hydrogen-bond acceptors (Lipinski definition) is 5. The second-order valence-corrected chi connectivity index (χ2v) is 7.91. The van der Waals surface area contributed by atoms with Crippen molar-refractivity contribution in [3.8, 4) is 5.75 Å². The van der Waals surface area contributed by atoms with Crippen molar-refractivity contribution < 1.29 is 19.1 Å². The Morgan fingerprint density at radius 1 is 0.812 bits per heavy atom. The molecule has 0 spiro atoms. The number of hydrogen-bond donors (Lipinski definition) is 1. The molecule has 0 saturated carbocycles. The Bertz CT molecular complexity index is 1270. The van der Waals surface area contributed by atoms with Gasteiger partial charge in [0.05, 0.1) is 11.3 Å². The molecule has 3 aromatic rings. The summed E-state index contributed by atoms with van der Waals surface area (Å²) in [5.74, 6) is -1.54. The molecule has 1 heterocycles. The molecule has 0 aliphatic carbocycles. The first-order chi connectivity index (χ1) is 15.3. The molecule has 0 unspecified atom stereocenters. The standard InChI is InChI=1S/C23H13Cl3N2O4/c24-14-3-1-5-17(11-14)28-21(29)19(26)20(22(28)30)27-16-9-7-13(8-10-16)23(31)32-18-6-2-4-15(25)12-18/h1-12,27H. The van der Waals surface area contributed by atoms with Crippen molar-refractivity contribution in [1.29, 1.82) is 0 Å². The van der Waals surface area contributed by atoms with Gasteiger partial charge in [-0.2, -0.15) is 0 Å². The lowest BCUT2D eigenvalue weighted by atomic mass is 10.2. The van der Waals surface area contributed by atoms with Crippen LogP contribution in [0.3, 0.4) is 0 Å². The van der Waals surface area contributed by atoms with E-state index < -0.39 is 17.8 Å². The van der Waals surface area contributed by atoms with Crippen molar-refractivity contribution in [1.82, 2.24) is 0 Å². The van der Waals surface area contributed by atoms with Gasteiger partial charge in [0.15, 0.2) is 0 Å². The number of esters is 1. The minimum Gasteiger partial charge on any atom is -0.423 e. The molecule has 3 aromatic carbocycles. The number of ether oxygens (including phenoxy) is 1. The predicted octanol–water partition coefficient (Wildman–Crippen LogP) is 5.65. The third kappa shape index (κ3) is 4.48. The molecule has 0 aromatic heterocycles. The highest BCUT2D eigenvalue weighted by atomic mass is 35.5. The van der Waals surface area contributed by atoms with Gasteiger partial charge in [-0.1, -0.05) is 46.9 Å². The second kappa shape index (κ2) is 9.04. The number of amides is 2. The number of benzene rings is 3. The molecule has 1 aliphatic heterocycles. The molecule has 160 valence electrons. The number of carbonyl (C=O) groups excluding carboxylic acids is 3. The molecule has 0 saturated heterocycles. The van der Waals surface area contributed by atoms with Crippen LogP contribution in [0, 0.1) is 0 Å². The molecule has 0 fully saturated rings. The third-order valence-electron chi connectivity index (χ3n) is 4.49. The Balaban J connectivity index is 1.49. The first-order valence-corrected chi connectivity index (χ1v) is 10.4. The minimum absolute atomic E-state index is 0.0779. The van der Waals surface area contributed by atoms with Gasteiger partial charge in [0.25, 0.3) is 11.8 Å². The lowest BCUT2D eigenvalue weighted by molar-refractivity contribution is -0.120. The highest BCUT2D eigenvalue weighted by Gasteiger charge is 2.39. The lowest BCUT2D eigenvalue weighted by Crippen LogP contribution is -2.32. The number of anilines is 2. The van der Waals surface area contributed by atoms with E-state index in [9.17, 15) is 14.4 Å². The van der Waals surface area contributed by atoms with Crippen LogP contribution >= 0.6 is 34.8 Å². The predicted molar refractivity (Wildman–Crippen MR) is 123 cm³/mol. The quantitative estimate of drug-likeness (QED) is 0.286. The Morgan fingerprint density at radius 2 is 1.47 bits per heavy atom. The molecular weight excluding hydrogens is 475 g/mol. The number of halogens is 3. The largest absolute Gasteiger partial charge is 0.423 e. The number of carbonyl (C=O) groups is 3. The zero-order valence-corrected chi connectivity index (χ0v) is 18.4. The van der Waals surface area contributed by atoms with Gasteiger partial charge in [-0.3, -0.25) is 9.59 Å². The van der Waals surface area contributed by atoms with E-state index in [0.29, 0.717) is 27.2 Å². The minimum atomic E-state index is -0.664. The first-order valence-electron chi connectivity index (χ1n) is 9.22. The highest BCUT2D eigenvalue weighted by molar-refractivity contribution is 6.53. The number of rotatable bonds is 5. The van der Waals surface area contributed by atoms with E-state index in [1.165, 1.54) is 24.3 Å². The summed E-state index contributed by atoms with van der Waals surface area (Å²) in [7, 11) is 0. The van der Waals surface area contributed by atoms with Gasteiger partial charge in [-0.25, -0.2) is 9.69 Å². The number of imide groups is 1. The van der Waals surface area contributed by atoms with Crippen molar-refractivity contribution in [3.63, 3.8) is 0 Å². The molecule has 4 rings (SSSR count). The average Bonchev–Trinajstić information content (AvgIpc) is 2.97. The van der Waals surface area contributed by atoms with E-state index in [-0.39, 0.29) is 16.3 Å². The van der Waals surface area contributed by atoms with Gasteiger partial charge in [0, 0.05) is 15.7 Å². The highest BCUT2D eigenvalue weighted by Crippen LogP contribution is 2.31. The van der Waals surface area contributed by atoms with Crippen molar-refractivity contribution in [2.24, 2.45) is 0 Å². The van der Waals surface area contributed by atoms with Gasteiger partial charge < -0.3 is 10.1 Å². The zero-order valence-electron chi connectivity index (χ0n) is 16.1. The van der Waals surface area contributed by atoms with E-state index in [1.54, 1.807) is 48.5 Å². The van der Waals surface area contributed by atoms with E-state index >= 15 is 0 Å². The first kappa shape index (κ1) is 21.9. The summed E-state index contributed by atoms with van der Waals surface area (Å²) in [5, 5.41) is 3.41. The van der Waals surface area contributed by atoms with Crippen LogP contribution < -0.4 is 15.0 Å². The molecule has 0 radical (unpaired) electrons. The van der Waals surface area contributed by atoms with E-state index in [0.717, 1.165) is 4.90 Å². The van der Waals surface area contributed by atoms with Crippen molar-refractivity contribution >= 4 is 64.0 Å². The fraction of sp³-hybridized carbons (Fsp3) is 0. The third-order valence-corrected chi connectivity index (χ3v) is 5.31. The summed E-state index contributed by atoms with van der Waals surface area (Å²) in [6.07, 6.45) is 0. The summed E-state index contributed by atoms with van der Waals surface area (Å²) in [5.41, 5.74) is 0.962. The summed E-state index contributed by atoms with van der Waals surface area (Å²) in [6.45, 7) is 0. The molecule has 1 N–H and O–H groups in total. The van der Waals surface area contributed by atoms with E-state index in [2.05, 4.69) is 5.32 Å². The van der Waals surface area contributed by atoms with Gasteiger partial charge in [-0.05, 0) is 60.7 Å². The van der Waals surface area contributed by atoms with Crippen molar-refractivity contribution in [3.05, 3.63) is 99.1 Å². The normalized spacial score (nSPS) is 13.5. The topological polar surface area (TPSA) is 75.7 Å². The molecule has 0 atom stereocenters. The summed E-state index contributed by atoms with van der Waals surface area (Å²) in [4.78, 5) is 38.6. The Hall–Kier alpha value is -3.32. The van der Waals surface area contributed by atoms with Crippen LogP contribution in [0.15, 0.2) is 83.5 Å². The Morgan fingerprint density at radius 3 is 2.12 bits per heavy atom. The fourth-order valence-electron chi connectivity index (χ4n) is 2.99. The summed E-state index contributed by atoms with van der Waals surface area (Å²) in [6, 6.07) is 18.9. The van der Waals surface area contributed by atoms with Crippen LogP contribution in [-0.4, -0.2) is 17.8 Å². The second-order valence-electron chi connectivity index (χ2n) is 6.66. The van der Waals surface area contributed by atoms with Gasteiger partial charge in [-0.15, -0.1) is 0 Å². The summed E-state index contributed by atoms with van der Waals surface area (Å²) >= 11 is 18.0. The van der Waals surface area contributed by atoms with Crippen LogP contribution in [-0.2, 0) is 9.59 Å². The van der Waals surface area contributed by atoms with Gasteiger partial charge in [0.2, 0.25) is 0 Å². The smallest absolute Gasteiger partial charge is 0.343 e. The number of nitrogens with zero attached hydrogens (tertiary/aromatic N) is 1. The molecular formula is C23H13Cl3N2O4. The van der Waals surface area contributed by atoms with Crippen molar-refractivity contribution in [2.45, 2.75) is 0 Å². The van der Waals surface area contributed by atoms with Gasteiger partial charge >= 0.3 is 5.97 Å². The maximum atomic E-state index is 12.8. The van der Waals surface area contributed by atoms with Crippen LogP contribution in [0.25, 0.3) is 0 Å². The maximum Gasteiger partial charge on any atom is 0.343 e. The Labute approximate surface area is 197 Å². The summed E-state index contributed by atoms with van der Waals surface area (Å²) < 4.78 is 5.28. The van der Waals surface area contributed by atoms with E-state index in [1.807, 2.05) is 0 Å². The molecule has 0 bridgehead atoms. The van der Waals surface area contributed by atoms with Gasteiger partial charge in [0.1, 0.15) is 16.5 Å². The van der Waals surface area contributed by atoms with Crippen LogP contribution in [0.4, 0.5) is 11.4 Å². The average molecular weight is 488 g/mol. The van der Waals surface area contributed by atoms with E-state index in [4.69, 9.17) is 39.5 Å². The zero-order chi connectivity index (χ0) is 22.8. The van der Waals surface area contributed by atoms with Crippen molar-refractivity contribution in [2.75, 3.05) is 10.2 Å².